The van der Waals surface area contributed by atoms with E-state index in [2.05, 4.69) is 15.0 Å². The molecule has 1 saturated heterocycles. The lowest BCUT2D eigenvalue weighted by Gasteiger charge is -2.29. The summed E-state index contributed by atoms with van der Waals surface area (Å²) < 4.78 is 11.6. The molecule has 0 unspecified atom stereocenters. The number of ether oxygens (including phenoxy) is 2. The highest BCUT2D eigenvalue weighted by Crippen LogP contribution is 2.14. The highest BCUT2D eigenvalue weighted by Gasteiger charge is 2.22. The van der Waals surface area contributed by atoms with Crippen LogP contribution in [0.3, 0.4) is 0 Å². The van der Waals surface area contributed by atoms with Crippen LogP contribution in [0.5, 0.6) is 0 Å². The summed E-state index contributed by atoms with van der Waals surface area (Å²) >= 11 is 0. The molecular weight excluding hydrogens is 302 g/mol. The maximum atomic E-state index is 12.7. The molecular formula is C14H17N5O4. The van der Waals surface area contributed by atoms with Gasteiger partial charge < -0.3 is 14.4 Å². The number of esters is 1. The van der Waals surface area contributed by atoms with Crippen molar-refractivity contribution >= 4 is 23.1 Å². The lowest BCUT2D eigenvalue weighted by atomic mass is 10.4. The van der Waals surface area contributed by atoms with Crippen LogP contribution in [-0.2, 0) is 20.8 Å². The SMILES string of the molecule is CCOC(=O)Cn1c(N2CCOCC2)nc2nccnc2c1=O. The highest BCUT2D eigenvalue weighted by atomic mass is 16.5. The Hall–Kier alpha value is -2.55. The summed E-state index contributed by atoms with van der Waals surface area (Å²) in [5.74, 6) is -0.103. The first kappa shape index (κ1) is 15.3. The number of anilines is 1. The lowest BCUT2D eigenvalue weighted by Crippen LogP contribution is -2.41. The number of fused-ring (bicyclic) bond motifs is 1. The molecule has 0 aliphatic carbocycles. The number of hydrogen-bond donors (Lipinski definition) is 0. The number of carbonyl (C=O) groups excluding carboxylic acids is 1. The first-order valence-electron chi connectivity index (χ1n) is 7.40. The second-order valence-electron chi connectivity index (χ2n) is 4.94. The van der Waals surface area contributed by atoms with Gasteiger partial charge in [-0.15, -0.1) is 0 Å². The Bertz CT molecular complexity index is 769. The van der Waals surface area contributed by atoms with Crippen LogP contribution in [0.15, 0.2) is 17.2 Å². The molecule has 0 N–H and O–H groups in total. The Morgan fingerprint density at radius 1 is 1.30 bits per heavy atom. The van der Waals surface area contributed by atoms with Gasteiger partial charge in [-0.05, 0) is 6.92 Å². The highest BCUT2D eigenvalue weighted by molar-refractivity contribution is 5.73. The van der Waals surface area contributed by atoms with Crippen LogP contribution in [0.25, 0.3) is 11.2 Å². The fourth-order valence-corrected chi connectivity index (χ4v) is 2.42. The zero-order valence-electron chi connectivity index (χ0n) is 12.8. The fraction of sp³-hybridized carbons (Fsp3) is 0.500. The average Bonchev–Trinajstić information content (AvgIpc) is 2.58. The van der Waals surface area contributed by atoms with Gasteiger partial charge in [0.1, 0.15) is 6.54 Å². The topological polar surface area (TPSA) is 99.4 Å². The molecule has 1 fully saturated rings. The smallest absolute Gasteiger partial charge is 0.326 e. The maximum Gasteiger partial charge on any atom is 0.326 e. The van der Waals surface area contributed by atoms with Gasteiger partial charge in [0.25, 0.3) is 5.56 Å². The van der Waals surface area contributed by atoms with Crippen LogP contribution in [0.2, 0.25) is 0 Å². The molecule has 3 rings (SSSR count). The van der Waals surface area contributed by atoms with Crippen molar-refractivity contribution in [2.45, 2.75) is 13.5 Å². The summed E-state index contributed by atoms with van der Waals surface area (Å²) in [6, 6.07) is 0. The number of carbonyl (C=O) groups is 1. The number of hydrogen-bond acceptors (Lipinski definition) is 8. The van der Waals surface area contributed by atoms with Gasteiger partial charge in [0.15, 0.2) is 11.2 Å². The molecule has 3 heterocycles. The predicted octanol–water partition coefficient (Wildman–Crippen LogP) is -0.414. The van der Waals surface area contributed by atoms with Crippen LogP contribution < -0.4 is 10.5 Å². The summed E-state index contributed by atoms with van der Waals surface area (Å²) in [5.41, 5.74) is -0.00875. The van der Waals surface area contributed by atoms with Gasteiger partial charge in [0.05, 0.1) is 19.8 Å². The third kappa shape index (κ3) is 3.14. The average molecular weight is 319 g/mol. The summed E-state index contributed by atoms with van der Waals surface area (Å²) in [4.78, 5) is 39.0. The van der Waals surface area contributed by atoms with Gasteiger partial charge in [0, 0.05) is 25.5 Å². The zero-order valence-corrected chi connectivity index (χ0v) is 12.8. The standard InChI is InChI=1S/C14H17N5O4/c1-2-23-10(20)9-19-13(21)11-12(16-4-3-15-11)17-14(19)18-5-7-22-8-6-18/h3-4H,2,5-9H2,1H3. The van der Waals surface area contributed by atoms with Crippen molar-refractivity contribution in [1.82, 2.24) is 19.5 Å². The second kappa shape index (κ2) is 6.69. The quantitative estimate of drug-likeness (QED) is 0.701. The monoisotopic (exact) mass is 319 g/mol. The van der Waals surface area contributed by atoms with Crippen LogP contribution >= 0.6 is 0 Å². The Balaban J connectivity index is 2.10. The lowest BCUT2D eigenvalue weighted by molar-refractivity contribution is -0.143. The minimum absolute atomic E-state index is 0.133. The van der Waals surface area contributed by atoms with Crippen molar-refractivity contribution in [1.29, 1.82) is 0 Å². The van der Waals surface area contributed by atoms with Crippen molar-refractivity contribution in [3.05, 3.63) is 22.7 Å². The van der Waals surface area contributed by atoms with E-state index in [-0.39, 0.29) is 24.3 Å². The summed E-state index contributed by atoms with van der Waals surface area (Å²) in [6.45, 7) is 4.00. The molecule has 0 amide bonds. The molecule has 0 radical (unpaired) electrons. The van der Waals surface area contributed by atoms with E-state index in [0.717, 1.165) is 0 Å². The minimum atomic E-state index is -0.492. The minimum Gasteiger partial charge on any atom is -0.465 e. The Morgan fingerprint density at radius 2 is 2.04 bits per heavy atom. The van der Waals surface area contributed by atoms with Crippen LogP contribution in [-0.4, -0.2) is 58.4 Å². The summed E-state index contributed by atoms with van der Waals surface area (Å²) in [6.07, 6.45) is 2.90. The third-order valence-corrected chi connectivity index (χ3v) is 3.46. The van der Waals surface area contributed by atoms with Crippen molar-refractivity contribution in [3.8, 4) is 0 Å². The molecule has 0 bridgehead atoms. The van der Waals surface area contributed by atoms with Gasteiger partial charge in [-0.3, -0.25) is 14.2 Å². The van der Waals surface area contributed by atoms with Gasteiger partial charge in [0.2, 0.25) is 5.95 Å². The summed E-state index contributed by atoms with van der Waals surface area (Å²) in [7, 11) is 0. The van der Waals surface area contributed by atoms with Crippen molar-refractivity contribution in [3.63, 3.8) is 0 Å². The van der Waals surface area contributed by atoms with E-state index >= 15 is 0 Å². The number of rotatable bonds is 4. The first-order valence-corrected chi connectivity index (χ1v) is 7.40. The van der Waals surface area contributed by atoms with E-state index in [1.54, 1.807) is 6.92 Å². The molecule has 0 atom stereocenters. The molecule has 0 aromatic carbocycles. The first-order chi connectivity index (χ1) is 11.2. The van der Waals surface area contributed by atoms with Crippen LogP contribution in [0, 0.1) is 0 Å². The molecule has 0 spiro atoms. The molecule has 1 aliphatic heterocycles. The fourth-order valence-electron chi connectivity index (χ4n) is 2.42. The Kier molecular flexibility index (Phi) is 4.47. The van der Waals surface area contributed by atoms with Gasteiger partial charge in [-0.1, -0.05) is 0 Å². The van der Waals surface area contributed by atoms with E-state index in [0.29, 0.717) is 32.3 Å². The zero-order chi connectivity index (χ0) is 16.2. The van der Waals surface area contributed by atoms with Crippen LogP contribution in [0.4, 0.5) is 5.95 Å². The molecule has 1 aliphatic rings. The van der Waals surface area contributed by atoms with E-state index in [4.69, 9.17) is 9.47 Å². The number of aromatic nitrogens is 4. The molecule has 0 saturated carbocycles. The Morgan fingerprint density at radius 3 is 2.78 bits per heavy atom. The number of nitrogens with zero attached hydrogens (tertiary/aromatic N) is 5. The second-order valence-corrected chi connectivity index (χ2v) is 4.94. The largest absolute Gasteiger partial charge is 0.465 e. The summed E-state index contributed by atoms with van der Waals surface area (Å²) in [5, 5.41) is 0. The molecule has 2 aromatic heterocycles. The van der Waals surface area contributed by atoms with Gasteiger partial charge in [-0.2, -0.15) is 4.98 Å². The molecule has 9 nitrogen and oxygen atoms in total. The molecule has 23 heavy (non-hydrogen) atoms. The van der Waals surface area contributed by atoms with Crippen LogP contribution in [0.1, 0.15) is 6.92 Å². The molecule has 122 valence electrons. The van der Waals surface area contributed by atoms with E-state index in [9.17, 15) is 9.59 Å². The van der Waals surface area contributed by atoms with E-state index in [1.807, 2.05) is 4.90 Å². The van der Waals surface area contributed by atoms with Crippen molar-refractivity contribution in [2.24, 2.45) is 0 Å². The predicted molar refractivity (Wildman–Crippen MR) is 81.3 cm³/mol. The molecule has 2 aromatic rings. The molecule has 9 heteroatoms. The maximum absolute atomic E-state index is 12.7. The van der Waals surface area contributed by atoms with Gasteiger partial charge in [-0.25, -0.2) is 9.97 Å². The normalized spacial score (nSPS) is 14.9. The number of morpholine rings is 1. The van der Waals surface area contributed by atoms with E-state index < -0.39 is 11.5 Å². The van der Waals surface area contributed by atoms with E-state index in [1.165, 1.54) is 17.0 Å². The van der Waals surface area contributed by atoms with Gasteiger partial charge >= 0.3 is 5.97 Å². The third-order valence-electron chi connectivity index (χ3n) is 3.46. The van der Waals surface area contributed by atoms with Crippen molar-refractivity contribution < 1.29 is 14.3 Å². The van der Waals surface area contributed by atoms with Crippen molar-refractivity contribution in [2.75, 3.05) is 37.8 Å². The Labute approximate surface area is 131 Å².